The third kappa shape index (κ3) is 3.54. The summed E-state index contributed by atoms with van der Waals surface area (Å²) >= 11 is 0. The highest BCUT2D eigenvalue weighted by Crippen LogP contribution is 2.34. The average molecular weight is 383 g/mol. The van der Waals surface area contributed by atoms with Gasteiger partial charge in [0, 0.05) is 28.9 Å². The molecule has 0 amide bonds. The Bertz CT molecular complexity index is 1150. The van der Waals surface area contributed by atoms with Crippen molar-refractivity contribution >= 4 is 10.9 Å². The Balaban J connectivity index is 1.53. The molecular formula is C24H25N5. The number of fused-ring (bicyclic) bond motifs is 1. The normalized spacial score (nSPS) is 19.5. The van der Waals surface area contributed by atoms with Crippen LogP contribution in [0.2, 0.25) is 0 Å². The van der Waals surface area contributed by atoms with Crippen molar-refractivity contribution in [2.24, 2.45) is 5.73 Å². The lowest BCUT2D eigenvalue weighted by atomic mass is 9.82. The summed E-state index contributed by atoms with van der Waals surface area (Å²) in [5.41, 5.74) is 13.2. The highest BCUT2D eigenvalue weighted by Gasteiger charge is 2.20. The third-order valence-corrected chi connectivity index (χ3v) is 6.00. The Labute approximate surface area is 170 Å². The Morgan fingerprint density at radius 2 is 1.86 bits per heavy atom. The molecule has 1 aromatic carbocycles. The van der Waals surface area contributed by atoms with Crippen LogP contribution >= 0.6 is 0 Å². The molecule has 3 heterocycles. The largest absolute Gasteiger partial charge is 0.343 e. The van der Waals surface area contributed by atoms with Crippen LogP contribution in [0.5, 0.6) is 0 Å². The van der Waals surface area contributed by atoms with E-state index in [1.807, 2.05) is 31.3 Å². The van der Waals surface area contributed by atoms with Crippen molar-refractivity contribution in [2.75, 3.05) is 0 Å². The van der Waals surface area contributed by atoms with E-state index in [2.05, 4.69) is 39.2 Å². The summed E-state index contributed by atoms with van der Waals surface area (Å²) in [6.45, 7) is 2.00. The van der Waals surface area contributed by atoms with E-state index in [-0.39, 0.29) is 0 Å². The predicted octanol–water partition coefficient (Wildman–Crippen LogP) is 4.98. The first-order valence-electron chi connectivity index (χ1n) is 10.3. The van der Waals surface area contributed by atoms with E-state index >= 15 is 0 Å². The quantitative estimate of drug-likeness (QED) is 0.523. The minimum Gasteiger partial charge on any atom is -0.343 e. The molecule has 0 atom stereocenters. The standard InChI is InChI=1S/C24H25N5/c1-15-3-2-4-22(29-15)24-23(27-14-28-24)17-7-10-21-18(11-17)12-19(13-26-21)16-5-8-20(25)9-6-16/h2-4,7,10-14,16,20H,5-6,8-9,25H2,1H3,(H,27,28). The number of imidazole rings is 1. The van der Waals surface area contributed by atoms with Gasteiger partial charge in [0.15, 0.2) is 0 Å². The zero-order valence-corrected chi connectivity index (χ0v) is 16.6. The molecule has 0 spiro atoms. The van der Waals surface area contributed by atoms with Gasteiger partial charge in [0.25, 0.3) is 0 Å². The summed E-state index contributed by atoms with van der Waals surface area (Å²) in [4.78, 5) is 17.2. The van der Waals surface area contributed by atoms with Gasteiger partial charge < -0.3 is 10.7 Å². The Morgan fingerprint density at radius 1 is 1.00 bits per heavy atom. The number of nitrogens with one attached hydrogen (secondary N) is 1. The van der Waals surface area contributed by atoms with Crippen LogP contribution in [0, 0.1) is 6.92 Å². The molecule has 1 saturated carbocycles. The number of aromatic nitrogens is 4. The van der Waals surface area contributed by atoms with Crippen LogP contribution in [-0.2, 0) is 0 Å². The van der Waals surface area contributed by atoms with Crippen molar-refractivity contribution in [2.45, 2.75) is 44.6 Å². The number of aromatic amines is 1. The van der Waals surface area contributed by atoms with Crippen LogP contribution in [0.25, 0.3) is 33.5 Å². The minimum absolute atomic E-state index is 0.361. The first-order valence-corrected chi connectivity index (χ1v) is 10.3. The molecule has 1 fully saturated rings. The Morgan fingerprint density at radius 3 is 2.69 bits per heavy atom. The molecule has 0 radical (unpaired) electrons. The first-order chi connectivity index (χ1) is 14.2. The van der Waals surface area contributed by atoms with Crippen LogP contribution in [0.15, 0.2) is 55.0 Å². The number of hydrogen-bond donors (Lipinski definition) is 2. The number of rotatable bonds is 3. The zero-order valence-electron chi connectivity index (χ0n) is 16.6. The molecule has 4 aromatic rings. The average Bonchev–Trinajstić information content (AvgIpc) is 3.23. The minimum atomic E-state index is 0.361. The van der Waals surface area contributed by atoms with Crippen molar-refractivity contribution in [1.29, 1.82) is 0 Å². The molecule has 146 valence electrons. The van der Waals surface area contributed by atoms with Crippen molar-refractivity contribution in [1.82, 2.24) is 19.9 Å². The maximum Gasteiger partial charge on any atom is 0.0977 e. The van der Waals surface area contributed by atoms with Gasteiger partial charge in [-0.3, -0.25) is 9.97 Å². The smallest absolute Gasteiger partial charge is 0.0977 e. The summed E-state index contributed by atoms with van der Waals surface area (Å²) in [6.07, 6.45) is 8.28. The highest BCUT2D eigenvalue weighted by atomic mass is 14.9. The lowest BCUT2D eigenvalue weighted by Crippen LogP contribution is -2.25. The second-order valence-electron chi connectivity index (χ2n) is 8.08. The van der Waals surface area contributed by atoms with Crippen LogP contribution in [0.4, 0.5) is 0 Å². The van der Waals surface area contributed by atoms with Gasteiger partial charge in [0.2, 0.25) is 0 Å². The van der Waals surface area contributed by atoms with E-state index in [9.17, 15) is 0 Å². The van der Waals surface area contributed by atoms with E-state index in [4.69, 9.17) is 10.7 Å². The van der Waals surface area contributed by atoms with Crippen molar-refractivity contribution < 1.29 is 0 Å². The monoisotopic (exact) mass is 383 g/mol. The van der Waals surface area contributed by atoms with Crippen LogP contribution in [-0.4, -0.2) is 26.0 Å². The van der Waals surface area contributed by atoms with Gasteiger partial charge in [0.1, 0.15) is 0 Å². The second kappa shape index (κ2) is 7.41. The molecule has 0 unspecified atom stereocenters. The number of nitrogens with two attached hydrogens (primary N) is 1. The molecular weight excluding hydrogens is 358 g/mol. The Hall–Kier alpha value is -3.05. The van der Waals surface area contributed by atoms with Gasteiger partial charge in [-0.2, -0.15) is 0 Å². The third-order valence-electron chi connectivity index (χ3n) is 6.00. The van der Waals surface area contributed by atoms with Crippen LogP contribution in [0.1, 0.15) is 42.9 Å². The zero-order chi connectivity index (χ0) is 19.8. The van der Waals surface area contributed by atoms with Crippen LogP contribution < -0.4 is 5.73 Å². The summed E-state index contributed by atoms with van der Waals surface area (Å²) in [6, 6.07) is 15.0. The van der Waals surface area contributed by atoms with Crippen LogP contribution in [0.3, 0.4) is 0 Å². The lowest BCUT2D eigenvalue weighted by Gasteiger charge is -2.26. The SMILES string of the molecule is Cc1cccc(-c2[nH]cnc2-c2ccc3ncc(C4CCC(N)CC4)cc3c2)n1. The van der Waals surface area contributed by atoms with Gasteiger partial charge in [-0.25, -0.2) is 4.98 Å². The summed E-state index contributed by atoms with van der Waals surface area (Å²) in [7, 11) is 0. The van der Waals surface area contributed by atoms with Crippen molar-refractivity contribution in [3.05, 3.63) is 66.2 Å². The van der Waals surface area contributed by atoms with E-state index < -0.39 is 0 Å². The van der Waals surface area contributed by atoms with Gasteiger partial charge in [-0.1, -0.05) is 12.1 Å². The Kier molecular flexibility index (Phi) is 4.60. The fourth-order valence-corrected chi connectivity index (χ4v) is 4.36. The maximum atomic E-state index is 6.08. The number of benzene rings is 1. The maximum absolute atomic E-state index is 6.08. The fraction of sp³-hybridized carbons (Fsp3) is 0.292. The molecule has 0 aliphatic heterocycles. The van der Waals surface area contributed by atoms with Gasteiger partial charge in [-0.15, -0.1) is 0 Å². The van der Waals surface area contributed by atoms with Crippen molar-refractivity contribution in [3.8, 4) is 22.6 Å². The van der Waals surface area contributed by atoms with E-state index in [0.717, 1.165) is 64.9 Å². The van der Waals surface area contributed by atoms with Gasteiger partial charge in [0.05, 0.1) is 28.9 Å². The molecule has 3 aromatic heterocycles. The fourth-order valence-electron chi connectivity index (χ4n) is 4.36. The lowest BCUT2D eigenvalue weighted by molar-refractivity contribution is 0.395. The number of H-pyrrole nitrogens is 1. The summed E-state index contributed by atoms with van der Waals surface area (Å²) in [5.74, 6) is 0.563. The molecule has 5 rings (SSSR count). The number of nitrogens with zero attached hydrogens (tertiary/aromatic N) is 3. The van der Waals surface area contributed by atoms with E-state index in [1.165, 1.54) is 5.56 Å². The number of aryl methyl sites for hydroxylation is 1. The van der Waals surface area contributed by atoms with E-state index in [1.54, 1.807) is 6.33 Å². The number of hydrogen-bond acceptors (Lipinski definition) is 4. The highest BCUT2D eigenvalue weighted by molar-refractivity contribution is 5.87. The second-order valence-corrected chi connectivity index (χ2v) is 8.08. The molecule has 3 N–H and O–H groups in total. The summed E-state index contributed by atoms with van der Waals surface area (Å²) in [5, 5.41) is 1.15. The number of pyridine rings is 2. The topological polar surface area (TPSA) is 80.5 Å². The summed E-state index contributed by atoms with van der Waals surface area (Å²) < 4.78 is 0. The predicted molar refractivity (Wildman–Crippen MR) is 116 cm³/mol. The molecule has 0 bridgehead atoms. The molecule has 1 aliphatic rings. The molecule has 5 nitrogen and oxygen atoms in total. The van der Waals surface area contributed by atoms with E-state index in [0.29, 0.717) is 12.0 Å². The molecule has 0 saturated heterocycles. The molecule has 29 heavy (non-hydrogen) atoms. The van der Waals surface area contributed by atoms with Gasteiger partial charge in [-0.05, 0) is 74.4 Å². The first kappa shape index (κ1) is 18.0. The molecule has 5 heteroatoms. The van der Waals surface area contributed by atoms with Crippen molar-refractivity contribution in [3.63, 3.8) is 0 Å². The molecule has 1 aliphatic carbocycles. The van der Waals surface area contributed by atoms with Gasteiger partial charge >= 0.3 is 0 Å².